The molecule has 0 bridgehead atoms. The highest BCUT2D eigenvalue weighted by atomic mass is 16.5. The third-order valence-corrected chi connectivity index (χ3v) is 20.1. The molecule has 1 amide bonds. The maximum Gasteiger partial charge on any atom is 0.305 e. The van der Waals surface area contributed by atoms with Crippen LogP contribution in [0.3, 0.4) is 0 Å². The molecule has 0 aliphatic rings. The maximum absolute atomic E-state index is 12.6. The number of nitrogens with one attached hydrogen (secondary N) is 1. The first kappa shape index (κ1) is 88.6. The number of unbranched alkanes of at least 4 members (excludes halogenated alkanes) is 67. The van der Waals surface area contributed by atoms with Crippen molar-refractivity contribution >= 4 is 11.9 Å². The lowest BCUT2D eigenvalue weighted by atomic mass is 10.0. The van der Waals surface area contributed by atoms with Gasteiger partial charge in [0.05, 0.1) is 25.4 Å². The smallest absolute Gasteiger partial charge is 0.305 e. The number of aliphatic hydroxyl groups excluding tert-OH is 2. The number of aliphatic hydroxyl groups is 2. The third-order valence-electron chi connectivity index (χ3n) is 20.1. The van der Waals surface area contributed by atoms with Crippen LogP contribution in [0.2, 0.25) is 0 Å². The van der Waals surface area contributed by atoms with E-state index in [1.165, 1.54) is 417 Å². The summed E-state index contributed by atoms with van der Waals surface area (Å²) in [6.07, 6.45) is 102. The molecule has 2 atom stereocenters. The second-order valence-corrected chi connectivity index (χ2v) is 29.2. The van der Waals surface area contributed by atoms with Crippen LogP contribution < -0.4 is 5.32 Å². The van der Waals surface area contributed by atoms with Crippen molar-refractivity contribution in [1.29, 1.82) is 0 Å². The fourth-order valence-electron chi connectivity index (χ4n) is 13.7. The van der Waals surface area contributed by atoms with Crippen LogP contribution >= 0.6 is 0 Å². The molecule has 0 radical (unpaired) electrons. The fraction of sp³-hybridized carbons (Fsp3) is 0.952. The second kappa shape index (κ2) is 80.0. The van der Waals surface area contributed by atoms with Gasteiger partial charge in [-0.1, -0.05) is 437 Å². The summed E-state index contributed by atoms with van der Waals surface area (Å²) in [5.74, 6) is -0.00174. The van der Waals surface area contributed by atoms with Crippen LogP contribution in [0, 0.1) is 0 Å². The minimum Gasteiger partial charge on any atom is -0.466 e. The molecule has 0 saturated carbocycles. The van der Waals surface area contributed by atoms with E-state index in [0.717, 1.165) is 38.5 Å². The van der Waals surface area contributed by atoms with Crippen LogP contribution in [0.15, 0.2) is 12.2 Å². The number of ether oxygens (including phenoxy) is 1. The van der Waals surface area contributed by atoms with Gasteiger partial charge in [-0.15, -0.1) is 0 Å². The zero-order valence-corrected chi connectivity index (χ0v) is 61.7. The van der Waals surface area contributed by atoms with Gasteiger partial charge in [0.15, 0.2) is 0 Å². The van der Waals surface area contributed by atoms with Gasteiger partial charge in [-0.2, -0.15) is 0 Å². The number of carbonyl (C=O) groups excluding carboxylic acids is 2. The minimum absolute atomic E-state index is 0.0236. The normalized spacial score (nSPS) is 12.4. The number of allylic oxidation sites excluding steroid dienone is 2. The molecule has 0 fully saturated rings. The van der Waals surface area contributed by atoms with Gasteiger partial charge in [0.2, 0.25) is 5.91 Å². The molecule has 0 aromatic rings. The van der Waals surface area contributed by atoms with Gasteiger partial charge in [0.1, 0.15) is 0 Å². The van der Waals surface area contributed by atoms with Crippen molar-refractivity contribution in [2.24, 2.45) is 0 Å². The van der Waals surface area contributed by atoms with Crippen LogP contribution in [-0.2, 0) is 14.3 Å². The van der Waals surface area contributed by atoms with Gasteiger partial charge in [-0.05, 0) is 51.4 Å². The SMILES string of the molecule is CCCCCCCCCCCCCCCCCCCCCCCCCCC(O)C(CO)NC(=O)CCCCCCCCCCCCCCCCCCC/C=C\CCCCCCCCCCCCCCOC(=O)CCCCCCCCCCCCCCCCCC. The van der Waals surface area contributed by atoms with Crippen LogP contribution in [0.1, 0.15) is 489 Å². The first-order chi connectivity index (χ1) is 44.5. The molecule has 0 spiro atoms. The van der Waals surface area contributed by atoms with Gasteiger partial charge in [0, 0.05) is 12.8 Å². The zero-order chi connectivity index (χ0) is 64.9. The van der Waals surface area contributed by atoms with Crippen molar-refractivity contribution in [3.63, 3.8) is 0 Å². The Kier molecular flexibility index (Phi) is 78.8. The van der Waals surface area contributed by atoms with Gasteiger partial charge in [0.25, 0.3) is 0 Å². The quantitative estimate of drug-likeness (QED) is 0.0320. The van der Waals surface area contributed by atoms with Crippen LogP contribution in [-0.4, -0.2) is 47.4 Å². The average Bonchev–Trinajstić information content (AvgIpc) is 3.58. The molecule has 0 aliphatic carbocycles. The Morgan fingerprint density at radius 1 is 0.300 bits per heavy atom. The third kappa shape index (κ3) is 75.6. The summed E-state index contributed by atoms with van der Waals surface area (Å²) in [7, 11) is 0. The summed E-state index contributed by atoms with van der Waals surface area (Å²) in [6.45, 7) is 5.02. The van der Waals surface area contributed by atoms with E-state index in [2.05, 4.69) is 31.3 Å². The van der Waals surface area contributed by atoms with E-state index in [1.807, 2.05) is 0 Å². The summed E-state index contributed by atoms with van der Waals surface area (Å²) >= 11 is 0. The predicted molar refractivity (Wildman–Crippen MR) is 398 cm³/mol. The zero-order valence-electron chi connectivity index (χ0n) is 61.7. The number of amides is 1. The van der Waals surface area contributed by atoms with Gasteiger partial charge in [-0.25, -0.2) is 0 Å². The molecule has 0 rings (SSSR count). The molecule has 0 aromatic heterocycles. The Labute approximate surface area is 565 Å². The van der Waals surface area contributed by atoms with E-state index in [4.69, 9.17) is 4.74 Å². The molecule has 6 nitrogen and oxygen atoms in total. The summed E-state index contributed by atoms with van der Waals surface area (Å²) < 4.78 is 5.51. The summed E-state index contributed by atoms with van der Waals surface area (Å²) in [5.41, 5.74) is 0. The van der Waals surface area contributed by atoms with Crippen molar-refractivity contribution in [3.8, 4) is 0 Å². The number of carbonyl (C=O) groups is 2. The minimum atomic E-state index is -0.663. The molecule has 0 saturated heterocycles. The van der Waals surface area contributed by atoms with E-state index in [0.29, 0.717) is 25.9 Å². The van der Waals surface area contributed by atoms with Crippen molar-refractivity contribution in [1.82, 2.24) is 5.32 Å². The molecule has 0 aromatic carbocycles. The van der Waals surface area contributed by atoms with E-state index in [-0.39, 0.29) is 18.5 Å². The highest BCUT2D eigenvalue weighted by molar-refractivity contribution is 5.76. The van der Waals surface area contributed by atoms with Crippen LogP contribution in [0.4, 0.5) is 0 Å². The number of esters is 1. The van der Waals surface area contributed by atoms with E-state index in [9.17, 15) is 19.8 Å². The number of hydrogen-bond acceptors (Lipinski definition) is 5. The van der Waals surface area contributed by atoms with E-state index >= 15 is 0 Å². The lowest BCUT2D eigenvalue weighted by Gasteiger charge is -2.22. The molecular weight excluding hydrogens is 1100 g/mol. The number of hydrogen-bond donors (Lipinski definition) is 3. The first-order valence-electron chi connectivity index (χ1n) is 41.9. The van der Waals surface area contributed by atoms with Crippen molar-refractivity contribution in [2.75, 3.05) is 13.2 Å². The molecule has 536 valence electrons. The first-order valence-corrected chi connectivity index (χ1v) is 41.9. The average molecular weight is 1270 g/mol. The molecule has 0 aliphatic heterocycles. The molecule has 90 heavy (non-hydrogen) atoms. The molecule has 6 heteroatoms. The Hall–Kier alpha value is -1.40. The Bertz CT molecular complexity index is 1370. The predicted octanol–water partition coefficient (Wildman–Crippen LogP) is 27.8. The van der Waals surface area contributed by atoms with Crippen LogP contribution in [0.5, 0.6) is 0 Å². The lowest BCUT2D eigenvalue weighted by molar-refractivity contribution is -0.143. The summed E-state index contributed by atoms with van der Waals surface area (Å²) in [6, 6.07) is -0.540. The van der Waals surface area contributed by atoms with Gasteiger partial charge in [-0.3, -0.25) is 9.59 Å². The summed E-state index contributed by atoms with van der Waals surface area (Å²) in [5, 5.41) is 23.5. The molecule has 3 N–H and O–H groups in total. The molecule has 2 unspecified atom stereocenters. The lowest BCUT2D eigenvalue weighted by Crippen LogP contribution is -2.45. The van der Waals surface area contributed by atoms with Crippen molar-refractivity contribution in [3.05, 3.63) is 12.2 Å². The second-order valence-electron chi connectivity index (χ2n) is 29.2. The Morgan fingerprint density at radius 2 is 0.522 bits per heavy atom. The van der Waals surface area contributed by atoms with E-state index < -0.39 is 12.1 Å². The van der Waals surface area contributed by atoms with Crippen molar-refractivity contribution in [2.45, 2.75) is 501 Å². The largest absolute Gasteiger partial charge is 0.466 e. The monoisotopic (exact) mass is 1270 g/mol. The standard InChI is InChI=1S/C84H165NO5/c1-3-5-7-9-11-13-15-17-19-21-22-23-24-36-39-42-45-48-52-56-60-64-68-72-76-82(87)81(80-86)85-83(88)77-73-69-65-61-57-53-49-46-43-40-37-34-32-30-28-26-25-27-29-31-33-35-38-41-44-47-51-55-59-63-67-71-75-79-90-84(89)78-74-70-66-62-58-54-50-20-18-16-14-12-10-8-6-4-2/h29,31,81-82,86-87H,3-28,30,32-80H2,1-2H3,(H,85,88)/b31-29-. The highest BCUT2D eigenvalue weighted by Gasteiger charge is 2.20. The molecular formula is C84H165NO5. The molecule has 0 heterocycles. The number of rotatable bonds is 80. The van der Waals surface area contributed by atoms with Crippen LogP contribution in [0.25, 0.3) is 0 Å². The fourth-order valence-corrected chi connectivity index (χ4v) is 13.7. The highest BCUT2D eigenvalue weighted by Crippen LogP contribution is 2.21. The van der Waals surface area contributed by atoms with E-state index in [1.54, 1.807) is 0 Å². The van der Waals surface area contributed by atoms with Gasteiger partial charge >= 0.3 is 5.97 Å². The summed E-state index contributed by atoms with van der Waals surface area (Å²) in [4.78, 5) is 24.7. The Morgan fingerprint density at radius 3 is 0.789 bits per heavy atom. The topological polar surface area (TPSA) is 95.9 Å². The maximum atomic E-state index is 12.6. The van der Waals surface area contributed by atoms with Crippen molar-refractivity contribution < 1.29 is 24.5 Å². The Balaban J connectivity index is 3.34. The van der Waals surface area contributed by atoms with Gasteiger partial charge < -0.3 is 20.3 Å².